The number of aromatic nitrogens is 4. The minimum atomic E-state index is -0.581. The Bertz CT molecular complexity index is 2660. The Kier molecular flexibility index (Phi) is 15.2. The summed E-state index contributed by atoms with van der Waals surface area (Å²) in [6.45, 7) is 1.09. The van der Waals surface area contributed by atoms with Gasteiger partial charge in [-0.05, 0) is 49.2 Å². The number of carbonyl (C=O) groups is 6. The quantitative estimate of drug-likeness (QED) is 0.192. The van der Waals surface area contributed by atoms with Crippen LogP contribution in [0.2, 0.25) is 10.0 Å². The summed E-state index contributed by atoms with van der Waals surface area (Å²) < 4.78 is 29.9. The first-order valence-corrected chi connectivity index (χ1v) is 21.9. The SMILES string of the molecule is CN1OC(CCC(=O)CC#N)Cn2nc3c(c2C1=O)CN(C(=O)Nc1ccc(F)c(Cl)c1)CC3.CN1OC(CCC(=O)CO)Cn2nc3c(c2C1=O)CN(C(=O)Nc1ccc(F)c(Cl)c1)CC3. The second kappa shape index (κ2) is 21.0. The van der Waals surface area contributed by atoms with Gasteiger partial charge >= 0.3 is 12.1 Å². The normalized spacial score (nSPS) is 17.7. The molecule has 67 heavy (non-hydrogen) atoms. The van der Waals surface area contributed by atoms with Crippen LogP contribution in [-0.4, -0.2) is 126 Å². The standard InChI is InChI=1S/C22H22ClFN6O4.C21H23ClFN5O5/c1-28-21(32)20-16-12-29(22(33)26-13-2-5-18(24)17(23)10-13)9-7-19(16)27-30(20)11-15(34-28)4-3-14(31)6-8-25;1-26-20(31)19-15-10-27(21(32)24-12-2-5-17(23)16(22)8-12)7-6-18(15)25-28(19)9-14(33-26)4-3-13(30)11-29/h2,5,10,15H,3-4,6-7,9,11-12H2,1H3,(H,26,33);2,5,8,14,29H,3-4,6-7,9-11H2,1H3,(H,24,32). The molecule has 354 valence electrons. The number of aliphatic hydroxyl groups excluding tert-OH is 1. The fraction of sp³-hybridized carbons (Fsp3) is 0.419. The first-order chi connectivity index (χ1) is 32.0. The number of nitrogens with one attached hydrogen (secondary N) is 2. The third kappa shape index (κ3) is 11.2. The van der Waals surface area contributed by atoms with Gasteiger partial charge in [-0.3, -0.25) is 38.2 Å². The number of benzene rings is 2. The van der Waals surface area contributed by atoms with Gasteiger partial charge in [0.25, 0.3) is 11.8 Å². The number of aliphatic hydroxyl groups is 1. The number of hydrogen-bond donors (Lipinski definition) is 3. The zero-order valence-corrected chi connectivity index (χ0v) is 37.8. The lowest BCUT2D eigenvalue weighted by Crippen LogP contribution is -2.39. The second-order valence-corrected chi connectivity index (χ2v) is 16.9. The Hall–Kier alpha value is -6.51. The first-order valence-electron chi connectivity index (χ1n) is 21.1. The molecular formula is C43H45Cl2F2N11O9. The first kappa shape index (κ1) is 48.4. The lowest BCUT2D eigenvalue weighted by Gasteiger charge is -2.27. The van der Waals surface area contributed by atoms with Gasteiger partial charge in [-0.25, -0.2) is 28.5 Å². The molecule has 8 rings (SSSR count). The van der Waals surface area contributed by atoms with Gasteiger partial charge in [-0.2, -0.15) is 15.5 Å². The Labute approximate surface area is 391 Å². The van der Waals surface area contributed by atoms with E-state index in [1.165, 1.54) is 50.5 Å². The van der Waals surface area contributed by atoms with Gasteiger partial charge in [0.2, 0.25) is 0 Å². The molecule has 4 aromatic rings. The van der Waals surface area contributed by atoms with Crippen LogP contribution in [0.4, 0.5) is 29.7 Å². The zero-order chi connectivity index (χ0) is 48.1. The number of amides is 6. The molecule has 6 heterocycles. The molecule has 0 saturated heterocycles. The summed E-state index contributed by atoms with van der Waals surface area (Å²) in [6, 6.07) is 8.84. The summed E-state index contributed by atoms with van der Waals surface area (Å²) in [5, 5.41) is 34.2. The van der Waals surface area contributed by atoms with Crippen molar-refractivity contribution in [2.24, 2.45) is 0 Å². The lowest BCUT2D eigenvalue weighted by molar-refractivity contribution is -0.152. The maximum Gasteiger partial charge on any atom is 0.322 e. The van der Waals surface area contributed by atoms with Gasteiger partial charge in [-0.15, -0.1) is 0 Å². The van der Waals surface area contributed by atoms with Crippen molar-refractivity contribution in [2.45, 2.75) is 83.3 Å². The molecule has 6 amide bonds. The van der Waals surface area contributed by atoms with E-state index in [0.717, 1.165) is 21.5 Å². The lowest BCUT2D eigenvalue weighted by atomic mass is 10.0. The number of anilines is 2. The van der Waals surface area contributed by atoms with E-state index in [9.17, 15) is 37.5 Å². The maximum absolute atomic E-state index is 13.4. The number of rotatable bonds is 10. The van der Waals surface area contributed by atoms with Crippen molar-refractivity contribution in [2.75, 3.05) is 44.4 Å². The molecule has 0 aliphatic carbocycles. The van der Waals surface area contributed by atoms with Gasteiger partial charge in [0.05, 0.1) is 60.1 Å². The molecule has 0 radical (unpaired) electrons. The minimum absolute atomic E-state index is 0.0976. The number of fused-ring (bicyclic) bond motifs is 6. The van der Waals surface area contributed by atoms with Gasteiger partial charge < -0.3 is 25.5 Å². The van der Waals surface area contributed by atoms with E-state index >= 15 is 0 Å². The van der Waals surface area contributed by atoms with Crippen LogP contribution in [-0.2, 0) is 58.3 Å². The fourth-order valence-corrected chi connectivity index (χ4v) is 8.34. The van der Waals surface area contributed by atoms with E-state index in [0.29, 0.717) is 72.7 Å². The van der Waals surface area contributed by atoms with Crippen molar-refractivity contribution in [3.8, 4) is 6.07 Å². The molecule has 4 aliphatic rings. The van der Waals surface area contributed by atoms with Crippen molar-refractivity contribution in [1.82, 2.24) is 39.5 Å². The molecule has 3 N–H and O–H groups in total. The van der Waals surface area contributed by atoms with Crippen LogP contribution in [0.3, 0.4) is 0 Å². The van der Waals surface area contributed by atoms with Crippen LogP contribution >= 0.6 is 23.2 Å². The highest BCUT2D eigenvalue weighted by molar-refractivity contribution is 6.31. The number of nitrogens with zero attached hydrogens (tertiary/aromatic N) is 9. The van der Waals surface area contributed by atoms with Crippen LogP contribution in [0.1, 0.15) is 75.6 Å². The van der Waals surface area contributed by atoms with E-state index in [1.807, 2.05) is 6.07 Å². The van der Waals surface area contributed by atoms with Crippen molar-refractivity contribution >= 4 is 70.0 Å². The number of carbonyl (C=O) groups excluding carboxylic acids is 6. The molecule has 0 bridgehead atoms. The van der Waals surface area contributed by atoms with E-state index in [-0.39, 0.29) is 67.1 Å². The van der Waals surface area contributed by atoms with Gasteiger partial charge in [0.1, 0.15) is 47.6 Å². The van der Waals surface area contributed by atoms with Crippen LogP contribution in [0.15, 0.2) is 36.4 Å². The summed E-state index contributed by atoms with van der Waals surface area (Å²) in [5.74, 6) is -2.44. The predicted octanol–water partition coefficient (Wildman–Crippen LogP) is 4.91. The summed E-state index contributed by atoms with van der Waals surface area (Å²) in [5.41, 5.74) is 4.13. The summed E-state index contributed by atoms with van der Waals surface area (Å²) in [4.78, 5) is 89.3. The number of hydroxylamine groups is 4. The monoisotopic (exact) mass is 967 g/mol. The van der Waals surface area contributed by atoms with Crippen molar-refractivity contribution < 1.29 is 52.3 Å². The molecule has 2 aromatic carbocycles. The van der Waals surface area contributed by atoms with Crippen molar-refractivity contribution in [3.63, 3.8) is 0 Å². The van der Waals surface area contributed by atoms with Gasteiger partial charge in [-0.1, -0.05) is 23.2 Å². The molecule has 0 fully saturated rings. The van der Waals surface area contributed by atoms with Crippen LogP contribution in [0.5, 0.6) is 0 Å². The molecule has 24 heteroatoms. The second-order valence-electron chi connectivity index (χ2n) is 16.1. The topological polar surface area (TPSA) is 238 Å². The summed E-state index contributed by atoms with van der Waals surface area (Å²) in [6.07, 6.45) is 0.770. The van der Waals surface area contributed by atoms with E-state index in [4.69, 9.17) is 43.2 Å². The molecular weight excluding hydrogens is 923 g/mol. The number of Topliss-reactive ketones (excluding diaryl/α,β-unsaturated/α-hetero) is 2. The highest BCUT2D eigenvalue weighted by Crippen LogP contribution is 2.30. The van der Waals surface area contributed by atoms with E-state index < -0.39 is 54.3 Å². The van der Waals surface area contributed by atoms with Crippen LogP contribution in [0, 0.1) is 23.0 Å². The Morgan fingerprint density at radius 2 is 1.19 bits per heavy atom. The van der Waals surface area contributed by atoms with Crippen LogP contribution < -0.4 is 10.6 Å². The Morgan fingerprint density at radius 1 is 0.761 bits per heavy atom. The predicted molar refractivity (Wildman–Crippen MR) is 233 cm³/mol. The molecule has 0 saturated carbocycles. The molecule has 2 unspecified atom stereocenters. The highest BCUT2D eigenvalue weighted by Gasteiger charge is 2.37. The molecule has 2 aromatic heterocycles. The minimum Gasteiger partial charge on any atom is -0.389 e. The maximum atomic E-state index is 13.4. The molecule has 4 aliphatic heterocycles. The van der Waals surface area contributed by atoms with E-state index in [2.05, 4.69) is 20.8 Å². The largest absolute Gasteiger partial charge is 0.389 e. The number of halogens is 4. The van der Waals surface area contributed by atoms with Crippen molar-refractivity contribution in [1.29, 1.82) is 5.26 Å². The van der Waals surface area contributed by atoms with Crippen molar-refractivity contribution in [3.05, 3.63) is 92.0 Å². The Balaban J connectivity index is 0.000000199. The summed E-state index contributed by atoms with van der Waals surface area (Å²) >= 11 is 11.6. The fourth-order valence-electron chi connectivity index (χ4n) is 7.98. The third-order valence-electron chi connectivity index (χ3n) is 11.4. The smallest absolute Gasteiger partial charge is 0.322 e. The number of ketones is 2. The van der Waals surface area contributed by atoms with E-state index in [1.54, 1.807) is 19.2 Å². The molecule has 20 nitrogen and oxygen atoms in total. The number of urea groups is 2. The average molecular weight is 969 g/mol. The van der Waals surface area contributed by atoms with Crippen LogP contribution in [0.25, 0.3) is 0 Å². The van der Waals surface area contributed by atoms with Gasteiger partial charge in [0, 0.05) is 75.4 Å². The third-order valence-corrected chi connectivity index (χ3v) is 12.0. The summed E-state index contributed by atoms with van der Waals surface area (Å²) in [7, 11) is 2.98. The molecule has 0 spiro atoms. The molecule has 2 atom stereocenters. The Morgan fingerprint density at radius 3 is 1.60 bits per heavy atom. The van der Waals surface area contributed by atoms with Gasteiger partial charge in [0.15, 0.2) is 5.78 Å². The zero-order valence-electron chi connectivity index (χ0n) is 36.3. The number of hydrogen-bond acceptors (Lipinski definition) is 12. The number of nitriles is 1. The average Bonchev–Trinajstić information content (AvgIpc) is 3.78. The highest BCUT2D eigenvalue weighted by atomic mass is 35.5.